The highest BCUT2D eigenvalue weighted by Gasteiger charge is 2.23. The molecule has 0 saturated carbocycles. The predicted molar refractivity (Wildman–Crippen MR) is 122 cm³/mol. The van der Waals surface area contributed by atoms with Gasteiger partial charge in [-0.1, -0.05) is 38.1 Å². The number of nitrogens with zero attached hydrogens (tertiary/aromatic N) is 4. The lowest BCUT2D eigenvalue weighted by molar-refractivity contribution is 0.0954. The summed E-state index contributed by atoms with van der Waals surface area (Å²) in [6.07, 6.45) is 2.40. The number of nitrogens with one attached hydrogen (secondary N) is 1. The molecule has 0 aliphatic rings. The number of rotatable bonds is 6. The van der Waals surface area contributed by atoms with Crippen LogP contribution < -0.4 is 11.1 Å². The molecule has 31 heavy (non-hydrogen) atoms. The van der Waals surface area contributed by atoms with Crippen LogP contribution in [0.3, 0.4) is 0 Å². The van der Waals surface area contributed by atoms with Crippen LogP contribution in [0.1, 0.15) is 36.2 Å². The molecule has 4 aromatic rings. The van der Waals surface area contributed by atoms with Gasteiger partial charge in [0.25, 0.3) is 5.91 Å². The first-order valence-corrected chi connectivity index (χ1v) is 10.1. The van der Waals surface area contributed by atoms with E-state index in [0.717, 1.165) is 6.42 Å². The van der Waals surface area contributed by atoms with E-state index in [4.69, 9.17) is 5.73 Å². The summed E-state index contributed by atoms with van der Waals surface area (Å²) in [4.78, 5) is 22.3. The van der Waals surface area contributed by atoms with Crippen molar-refractivity contribution in [2.45, 2.75) is 20.3 Å². The Kier molecular flexibility index (Phi) is 5.53. The molecule has 8 heteroatoms. The molecule has 2 aromatic carbocycles. The van der Waals surface area contributed by atoms with Crippen molar-refractivity contribution in [3.8, 4) is 5.75 Å². The van der Waals surface area contributed by atoms with Gasteiger partial charge in [0.2, 0.25) is 0 Å². The van der Waals surface area contributed by atoms with E-state index < -0.39 is 0 Å². The van der Waals surface area contributed by atoms with Crippen LogP contribution in [0.15, 0.2) is 53.6 Å². The normalized spacial score (nSPS) is 11.7. The first-order chi connectivity index (χ1) is 14.9. The Balaban J connectivity index is 1.83. The molecule has 0 fully saturated rings. The Hall–Kier alpha value is -3.94. The Morgan fingerprint density at radius 1 is 1.19 bits per heavy atom. The van der Waals surface area contributed by atoms with Gasteiger partial charge in [-0.3, -0.25) is 4.79 Å². The predicted octanol–water partition coefficient (Wildman–Crippen LogP) is 3.53. The quantitative estimate of drug-likeness (QED) is 0.416. The summed E-state index contributed by atoms with van der Waals surface area (Å²) in [5.41, 5.74) is 9.42. The fraction of sp³-hybridized carbons (Fsp3) is 0.217. The third kappa shape index (κ3) is 4.18. The van der Waals surface area contributed by atoms with Crippen LogP contribution in [0.25, 0.3) is 22.2 Å². The number of benzene rings is 2. The second-order valence-corrected chi connectivity index (χ2v) is 7.73. The molecule has 4 rings (SSSR count). The Morgan fingerprint density at radius 3 is 2.65 bits per heavy atom. The van der Waals surface area contributed by atoms with Gasteiger partial charge in [0, 0.05) is 6.54 Å². The molecule has 2 heterocycles. The van der Waals surface area contributed by atoms with Crippen molar-refractivity contribution in [2.75, 3.05) is 12.3 Å². The fourth-order valence-corrected chi connectivity index (χ4v) is 3.28. The van der Waals surface area contributed by atoms with E-state index in [1.807, 2.05) is 24.3 Å². The molecule has 0 spiro atoms. The first kappa shape index (κ1) is 20.3. The lowest BCUT2D eigenvalue weighted by Gasteiger charge is -2.07. The smallest absolute Gasteiger partial charge is 0.257 e. The Labute approximate surface area is 179 Å². The van der Waals surface area contributed by atoms with Crippen LogP contribution in [-0.2, 0) is 0 Å². The van der Waals surface area contributed by atoms with Crippen molar-refractivity contribution < 1.29 is 9.90 Å². The molecule has 0 aliphatic heterocycles. The molecule has 4 N–H and O–H groups in total. The van der Waals surface area contributed by atoms with E-state index in [1.54, 1.807) is 30.5 Å². The number of phenolic OH excluding ortho intramolecular Hbond substituents is 1. The minimum absolute atomic E-state index is 0.130. The highest BCUT2D eigenvalue weighted by Crippen LogP contribution is 2.28. The second kappa shape index (κ2) is 8.43. The van der Waals surface area contributed by atoms with E-state index in [9.17, 15) is 9.90 Å². The van der Waals surface area contributed by atoms with Crippen molar-refractivity contribution in [2.24, 2.45) is 11.0 Å². The van der Waals surface area contributed by atoms with Crippen molar-refractivity contribution in [1.29, 1.82) is 0 Å². The number of hydrogen-bond donors (Lipinski definition) is 3. The van der Waals surface area contributed by atoms with Crippen LogP contribution in [0, 0.1) is 5.92 Å². The largest absolute Gasteiger partial charge is 0.508 e. The molecular formula is C23H24N6O2. The number of para-hydroxylation sites is 2. The zero-order valence-corrected chi connectivity index (χ0v) is 17.4. The molecule has 2 aromatic heterocycles. The van der Waals surface area contributed by atoms with E-state index in [1.165, 1.54) is 4.68 Å². The molecular weight excluding hydrogens is 392 g/mol. The van der Waals surface area contributed by atoms with Gasteiger partial charge in [-0.2, -0.15) is 9.78 Å². The van der Waals surface area contributed by atoms with Gasteiger partial charge in [-0.25, -0.2) is 9.97 Å². The molecule has 8 nitrogen and oxygen atoms in total. The standard InChI is InChI=1S/C23H24N6O2/c1-14(2)10-11-25-23(31)19-20-22(28-18-9-4-3-8-17(18)27-20)29(21(19)24)26-13-15-6-5-7-16(30)12-15/h3-9,12-14,30H,10-11,24H2,1-2H3,(H,25,31)/b26-13+. The van der Waals surface area contributed by atoms with Gasteiger partial charge in [0.05, 0.1) is 17.2 Å². The maximum absolute atomic E-state index is 13.0. The van der Waals surface area contributed by atoms with Crippen molar-refractivity contribution >= 4 is 40.1 Å². The van der Waals surface area contributed by atoms with Crippen LogP contribution >= 0.6 is 0 Å². The highest BCUT2D eigenvalue weighted by molar-refractivity contribution is 6.10. The molecule has 0 unspecified atom stereocenters. The zero-order valence-electron chi connectivity index (χ0n) is 17.4. The summed E-state index contributed by atoms with van der Waals surface area (Å²) >= 11 is 0. The van der Waals surface area contributed by atoms with Gasteiger partial charge in [0.15, 0.2) is 5.65 Å². The number of nitrogens with two attached hydrogens (primary N) is 1. The number of carbonyl (C=O) groups is 1. The van der Waals surface area contributed by atoms with E-state index in [0.29, 0.717) is 40.2 Å². The van der Waals surface area contributed by atoms with Crippen molar-refractivity contribution in [1.82, 2.24) is 20.0 Å². The number of fused-ring (bicyclic) bond motifs is 2. The highest BCUT2D eigenvalue weighted by atomic mass is 16.3. The molecule has 0 atom stereocenters. The number of phenols is 1. The number of nitrogen functional groups attached to an aromatic ring is 1. The van der Waals surface area contributed by atoms with Gasteiger partial charge >= 0.3 is 0 Å². The lowest BCUT2D eigenvalue weighted by atomic mass is 10.1. The summed E-state index contributed by atoms with van der Waals surface area (Å²) in [5.74, 6) is 0.447. The third-order valence-electron chi connectivity index (χ3n) is 4.90. The second-order valence-electron chi connectivity index (χ2n) is 7.73. The number of hydrogen-bond acceptors (Lipinski definition) is 6. The maximum Gasteiger partial charge on any atom is 0.257 e. The summed E-state index contributed by atoms with van der Waals surface area (Å²) in [6.45, 7) is 4.73. The average molecular weight is 416 g/mol. The Morgan fingerprint density at radius 2 is 1.94 bits per heavy atom. The fourth-order valence-electron chi connectivity index (χ4n) is 3.28. The molecule has 158 valence electrons. The summed E-state index contributed by atoms with van der Waals surface area (Å²) in [5, 5.41) is 17.0. The number of amides is 1. The molecule has 0 saturated heterocycles. The maximum atomic E-state index is 13.0. The van der Waals surface area contributed by atoms with E-state index >= 15 is 0 Å². The van der Waals surface area contributed by atoms with Gasteiger partial charge < -0.3 is 16.2 Å². The number of anilines is 1. The topological polar surface area (TPSA) is 118 Å². The van der Waals surface area contributed by atoms with Crippen molar-refractivity contribution in [3.63, 3.8) is 0 Å². The summed E-state index contributed by atoms with van der Waals surface area (Å²) in [6, 6.07) is 14.1. The van der Waals surface area contributed by atoms with Gasteiger partial charge in [-0.05, 0) is 42.2 Å². The lowest BCUT2D eigenvalue weighted by Crippen LogP contribution is -2.26. The van der Waals surface area contributed by atoms with Crippen LogP contribution in [0.4, 0.5) is 5.82 Å². The summed E-state index contributed by atoms with van der Waals surface area (Å²) < 4.78 is 1.41. The monoisotopic (exact) mass is 416 g/mol. The zero-order chi connectivity index (χ0) is 22.0. The van der Waals surface area contributed by atoms with Crippen LogP contribution in [0.2, 0.25) is 0 Å². The van der Waals surface area contributed by atoms with E-state index in [2.05, 4.69) is 34.2 Å². The minimum Gasteiger partial charge on any atom is -0.508 e. The number of aromatic nitrogens is 3. The Bertz CT molecular complexity index is 1290. The minimum atomic E-state index is -0.306. The number of aromatic hydroxyl groups is 1. The van der Waals surface area contributed by atoms with E-state index in [-0.39, 0.29) is 23.0 Å². The number of carbonyl (C=O) groups excluding carboxylic acids is 1. The SMILES string of the molecule is CC(C)CCNC(=O)c1c(N)n(/N=C/c2cccc(O)c2)c2nc3ccccc3nc12. The van der Waals surface area contributed by atoms with Crippen LogP contribution in [-0.4, -0.2) is 38.4 Å². The van der Waals surface area contributed by atoms with Crippen LogP contribution in [0.5, 0.6) is 5.75 Å². The van der Waals surface area contributed by atoms with Gasteiger partial charge in [0.1, 0.15) is 22.6 Å². The molecule has 0 bridgehead atoms. The molecule has 0 radical (unpaired) electrons. The third-order valence-corrected chi connectivity index (χ3v) is 4.90. The molecule has 1 amide bonds. The molecule has 0 aliphatic carbocycles. The van der Waals surface area contributed by atoms with Gasteiger partial charge in [-0.15, -0.1) is 0 Å². The summed E-state index contributed by atoms with van der Waals surface area (Å²) in [7, 11) is 0. The van der Waals surface area contributed by atoms with Crippen molar-refractivity contribution in [3.05, 3.63) is 59.7 Å². The average Bonchev–Trinajstić information content (AvgIpc) is 3.00. The first-order valence-electron chi connectivity index (χ1n) is 10.1.